The fourth-order valence-corrected chi connectivity index (χ4v) is 3.31. The first-order valence-electron chi connectivity index (χ1n) is 9.03. The van der Waals surface area contributed by atoms with Gasteiger partial charge in [0, 0.05) is 11.8 Å². The molecule has 30 heavy (non-hydrogen) atoms. The predicted molar refractivity (Wildman–Crippen MR) is 116 cm³/mol. The van der Waals surface area contributed by atoms with Crippen molar-refractivity contribution in [2.75, 3.05) is 17.4 Å². The van der Waals surface area contributed by atoms with Crippen molar-refractivity contribution in [1.82, 2.24) is 0 Å². The van der Waals surface area contributed by atoms with E-state index in [2.05, 4.69) is 10.6 Å². The lowest BCUT2D eigenvalue weighted by atomic mass is 10.1. The summed E-state index contributed by atoms with van der Waals surface area (Å²) in [6.07, 6.45) is 0.0923. The lowest BCUT2D eigenvalue weighted by Crippen LogP contribution is -2.19. The number of rotatable bonds is 5. The van der Waals surface area contributed by atoms with Gasteiger partial charge in [0.2, 0.25) is 12.7 Å². The Kier molecular flexibility index (Phi) is 5.79. The van der Waals surface area contributed by atoms with Crippen LogP contribution < -0.4 is 20.1 Å². The van der Waals surface area contributed by atoms with Crippen molar-refractivity contribution < 1.29 is 19.1 Å². The first-order valence-corrected chi connectivity index (χ1v) is 9.79. The molecule has 152 valence electrons. The normalized spacial score (nSPS) is 11.8. The second kappa shape index (κ2) is 8.65. The van der Waals surface area contributed by atoms with Crippen LogP contribution in [0.1, 0.15) is 15.9 Å². The van der Waals surface area contributed by atoms with E-state index in [1.54, 1.807) is 60.7 Å². The van der Waals surface area contributed by atoms with Crippen molar-refractivity contribution >= 4 is 46.4 Å². The van der Waals surface area contributed by atoms with Crippen LogP contribution in [-0.2, 0) is 11.2 Å². The number of carbonyl (C=O) groups is 2. The molecule has 2 amide bonds. The summed E-state index contributed by atoms with van der Waals surface area (Å²) in [5, 5.41) is 6.39. The molecular weight excluding hydrogens is 427 g/mol. The van der Waals surface area contributed by atoms with E-state index in [0.29, 0.717) is 44.0 Å². The van der Waals surface area contributed by atoms with Crippen molar-refractivity contribution in [1.29, 1.82) is 0 Å². The van der Waals surface area contributed by atoms with Gasteiger partial charge < -0.3 is 20.1 Å². The Hall–Kier alpha value is -3.22. The number of hydrogen-bond acceptors (Lipinski definition) is 4. The third kappa shape index (κ3) is 4.50. The number of carbonyl (C=O) groups excluding carboxylic acids is 2. The molecule has 0 saturated heterocycles. The van der Waals surface area contributed by atoms with Gasteiger partial charge in [0.1, 0.15) is 0 Å². The van der Waals surface area contributed by atoms with Crippen molar-refractivity contribution in [3.05, 3.63) is 81.8 Å². The number of fused-ring (bicyclic) bond motifs is 1. The van der Waals surface area contributed by atoms with Gasteiger partial charge in [0.05, 0.1) is 27.7 Å². The molecule has 0 atom stereocenters. The molecule has 4 rings (SSSR count). The minimum atomic E-state index is -0.362. The molecule has 0 radical (unpaired) electrons. The van der Waals surface area contributed by atoms with E-state index in [0.717, 1.165) is 0 Å². The first-order chi connectivity index (χ1) is 14.5. The monoisotopic (exact) mass is 442 g/mol. The number of para-hydroxylation sites is 1. The molecule has 2 N–H and O–H groups in total. The van der Waals surface area contributed by atoms with Gasteiger partial charge in [0.15, 0.2) is 11.5 Å². The molecule has 8 heteroatoms. The standard InChI is InChI=1S/C22H16Cl2N2O4/c23-16-7-5-13(9-17(16)24)10-21(27)26-18-4-2-1-3-15(18)22(28)25-14-6-8-19-20(11-14)30-12-29-19/h1-9,11H,10,12H2,(H,25,28)(H,26,27). The van der Waals surface area contributed by atoms with Gasteiger partial charge in [-0.3, -0.25) is 9.59 Å². The molecule has 0 spiro atoms. The number of nitrogens with one attached hydrogen (secondary N) is 2. The van der Waals surface area contributed by atoms with E-state index in [4.69, 9.17) is 32.7 Å². The van der Waals surface area contributed by atoms with Gasteiger partial charge in [-0.1, -0.05) is 41.4 Å². The number of halogens is 2. The minimum Gasteiger partial charge on any atom is -0.454 e. The van der Waals surface area contributed by atoms with Crippen molar-refractivity contribution in [3.63, 3.8) is 0 Å². The molecule has 0 aromatic heterocycles. The highest BCUT2D eigenvalue weighted by Crippen LogP contribution is 2.34. The molecule has 0 bridgehead atoms. The van der Waals surface area contributed by atoms with E-state index >= 15 is 0 Å². The smallest absolute Gasteiger partial charge is 0.257 e. The fourth-order valence-electron chi connectivity index (χ4n) is 2.99. The lowest BCUT2D eigenvalue weighted by Gasteiger charge is -2.12. The lowest BCUT2D eigenvalue weighted by molar-refractivity contribution is -0.115. The van der Waals surface area contributed by atoms with E-state index in [-0.39, 0.29) is 25.0 Å². The Morgan fingerprint density at radius 2 is 1.67 bits per heavy atom. The van der Waals surface area contributed by atoms with Crippen LogP contribution in [0.5, 0.6) is 11.5 Å². The molecule has 0 saturated carbocycles. The highest BCUT2D eigenvalue weighted by atomic mass is 35.5. The SMILES string of the molecule is O=C(Cc1ccc(Cl)c(Cl)c1)Nc1ccccc1C(=O)Nc1ccc2c(c1)OCO2. The summed E-state index contributed by atoms with van der Waals surface area (Å²) < 4.78 is 10.6. The summed E-state index contributed by atoms with van der Waals surface area (Å²) in [4.78, 5) is 25.3. The molecule has 6 nitrogen and oxygen atoms in total. The van der Waals surface area contributed by atoms with E-state index in [9.17, 15) is 9.59 Å². The Morgan fingerprint density at radius 1 is 0.867 bits per heavy atom. The molecule has 1 heterocycles. The largest absolute Gasteiger partial charge is 0.454 e. The maximum atomic E-state index is 12.8. The fraction of sp³-hybridized carbons (Fsp3) is 0.0909. The topological polar surface area (TPSA) is 76.7 Å². The highest BCUT2D eigenvalue weighted by molar-refractivity contribution is 6.42. The average Bonchev–Trinajstić information content (AvgIpc) is 3.19. The van der Waals surface area contributed by atoms with E-state index in [1.807, 2.05) is 0 Å². The molecule has 3 aromatic carbocycles. The summed E-state index contributed by atoms with van der Waals surface area (Å²) in [5.74, 6) is 0.551. The molecule has 3 aromatic rings. The molecule has 0 aliphatic carbocycles. The van der Waals surface area contributed by atoms with E-state index in [1.165, 1.54) is 0 Å². The predicted octanol–water partition coefficient (Wildman–Crippen LogP) is 5.16. The third-order valence-electron chi connectivity index (χ3n) is 4.42. The van der Waals surface area contributed by atoms with Crippen LogP contribution in [0.4, 0.5) is 11.4 Å². The number of amides is 2. The highest BCUT2D eigenvalue weighted by Gasteiger charge is 2.17. The molecule has 0 unspecified atom stereocenters. The summed E-state index contributed by atoms with van der Waals surface area (Å²) in [5.41, 5.74) is 2.00. The van der Waals surface area contributed by atoms with Crippen LogP contribution in [-0.4, -0.2) is 18.6 Å². The van der Waals surface area contributed by atoms with Crippen LogP contribution >= 0.6 is 23.2 Å². The second-order valence-electron chi connectivity index (χ2n) is 6.54. The molecule has 0 fully saturated rings. The van der Waals surface area contributed by atoms with Crippen LogP contribution in [0.2, 0.25) is 10.0 Å². The minimum absolute atomic E-state index is 0.0923. The van der Waals surface area contributed by atoms with Crippen LogP contribution in [0, 0.1) is 0 Å². The molecule has 1 aliphatic rings. The van der Waals surface area contributed by atoms with Gasteiger partial charge >= 0.3 is 0 Å². The number of benzene rings is 3. The first kappa shape index (κ1) is 20.1. The number of hydrogen-bond donors (Lipinski definition) is 2. The second-order valence-corrected chi connectivity index (χ2v) is 7.36. The Balaban J connectivity index is 1.47. The number of anilines is 2. The summed E-state index contributed by atoms with van der Waals surface area (Å²) in [7, 11) is 0. The number of ether oxygens (including phenoxy) is 2. The van der Waals surface area contributed by atoms with Crippen molar-refractivity contribution in [2.45, 2.75) is 6.42 Å². The van der Waals surface area contributed by atoms with Crippen LogP contribution in [0.15, 0.2) is 60.7 Å². The van der Waals surface area contributed by atoms with Gasteiger partial charge in [-0.25, -0.2) is 0 Å². The quantitative estimate of drug-likeness (QED) is 0.572. The summed E-state index contributed by atoms with van der Waals surface area (Å²) in [6.45, 7) is 0.153. The Bertz CT molecular complexity index is 1130. The maximum absolute atomic E-state index is 12.8. The maximum Gasteiger partial charge on any atom is 0.257 e. The van der Waals surface area contributed by atoms with E-state index < -0.39 is 0 Å². The molecular formula is C22H16Cl2N2O4. The van der Waals surface area contributed by atoms with Crippen molar-refractivity contribution in [3.8, 4) is 11.5 Å². The zero-order valence-corrected chi connectivity index (χ0v) is 17.1. The van der Waals surface area contributed by atoms with Crippen LogP contribution in [0.25, 0.3) is 0 Å². The third-order valence-corrected chi connectivity index (χ3v) is 5.16. The average molecular weight is 443 g/mol. The summed E-state index contributed by atoms with van der Waals surface area (Å²) in [6, 6.07) is 16.9. The molecule has 1 aliphatic heterocycles. The van der Waals surface area contributed by atoms with Gasteiger partial charge in [-0.05, 0) is 42.0 Å². The van der Waals surface area contributed by atoms with Gasteiger partial charge in [-0.2, -0.15) is 0 Å². The Morgan fingerprint density at radius 3 is 2.50 bits per heavy atom. The Labute approximate surface area is 182 Å². The van der Waals surface area contributed by atoms with Crippen LogP contribution in [0.3, 0.4) is 0 Å². The van der Waals surface area contributed by atoms with Gasteiger partial charge in [0.25, 0.3) is 5.91 Å². The van der Waals surface area contributed by atoms with Gasteiger partial charge in [-0.15, -0.1) is 0 Å². The zero-order chi connectivity index (χ0) is 21.1. The zero-order valence-electron chi connectivity index (χ0n) is 15.6. The summed E-state index contributed by atoms with van der Waals surface area (Å²) >= 11 is 11.9. The van der Waals surface area contributed by atoms with Crippen molar-refractivity contribution in [2.24, 2.45) is 0 Å².